The van der Waals surface area contributed by atoms with E-state index in [4.69, 9.17) is 16.3 Å². The molecule has 2 aliphatic rings. The molecule has 2 fully saturated rings. The first-order valence-electron chi connectivity index (χ1n) is 13.8. The Morgan fingerprint density at radius 1 is 1.22 bits per heavy atom. The van der Waals surface area contributed by atoms with Crippen molar-refractivity contribution < 1.29 is 4.74 Å². The molecule has 0 bridgehead atoms. The summed E-state index contributed by atoms with van der Waals surface area (Å²) in [6, 6.07) is 0.445. The fourth-order valence-electron chi connectivity index (χ4n) is 5.52. The molecule has 1 aliphatic carbocycles. The van der Waals surface area contributed by atoms with Crippen molar-refractivity contribution in [2.45, 2.75) is 84.8 Å². The van der Waals surface area contributed by atoms with Gasteiger partial charge in [-0.2, -0.15) is 0 Å². The molecule has 1 saturated heterocycles. The summed E-state index contributed by atoms with van der Waals surface area (Å²) in [7, 11) is 1.66. The number of ether oxygens (including phenoxy) is 1. The number of amidine groups is 1. The fraction of sp³-hybridized carbons (Fsp3) is 0.645. The van der Waals surface area contributed by atoms with Crippen molar-refractivity contribution in [3.63, 3.8) is 0 Å². The number of hydrogen-bond acceptors (Lipinski definition) is 3. The first-order valence-corrected chi connectivity index (χ1v) is 14.3. The highest BCUT2D eigenvalue weighted by atomic mass is 35.5. The molecule has 202 valence electrons. The maximum atomic E-state index is 9.28. The van der Waals surface area contributed by atoms with Gasteiger partial charge in [0.25, 0.3) is 0 Å². The van der Waals surface area contributed by atoms with E-state index in [0.717, 1.165) is 38.0 Å². The van der Waals surface area contributed by atoms with Crippen molar-refractivity contribution in [2.75, 3.05) is 13.7 Å². The smallest absolute Gasteiger partial charge is 0.114 e. The van der Waals surface area contributed by atoms with Crippen LogP contribution in [0.25, 0.3) is 0 Å². The molecule has 0 aromatic rings. The molecule has 8 atom stereocenters. The van der Waals surface area contributed by atoms with Crippen molar-refractivity contribution >= 4 is 17.4 Å². The van der Waals surface area contributed by atoms with Gasteiger partial charge in [-0.15, -0.1) is 11.6 Å². The van der Waals surface area contributed by atoms with E-state index in [-0.39, 0.29) is 17.5 Å². The van der Waals surface area contributed by atoms with E-state index in [9.17, 15) is 5.41 Å². The van der Waals surface area contributed by atoms with Crippen LogP contribution in [-0.2, 0) is 4.74 Å². The number of methoxy groups -OCH3 is 1. The number of allylic oxidation sites excluding steroid dienone is 6. The van der Waals surface area contributed by atoms with Crippen molar-refractivity contribution in [1.82, 2.24) is 10.2 Å². The Hall–Kier alpha value is -1.78. The van der Waals surface area contributed by atoms with Crippen LogP contribution < -0.4 is 5.32 Å². The highest BCUT2D eigenvalue weighted by molar-refractivity contribution is 6.21. The van der Waals surface area contributed by atoms with Crippen LogP contribution >= 0.6 is 11.6 Å². The minimum absolute atomic E-state index is 0.0136. The van der Waals surface area contributed by atoms with Gasteiger partial charge in [-0.25, -0.2) is 0 Å². The van der Waals surface area contributed by atoms with Crippen LogP contribution in [-0.4, -0.2) is 42.0 Å². The number of alkyl halides is 1. The summed E-state index contributed by atoms with van der Waals surface area (Å²) in [4.78, 5) is 2.31. The van der Waals surface area contributed by atoms with Crippen LogP contribution in [0.1, 0.15) is 67.2 Å². The summed E-state index contributed by atoms with van der Waals surface area (Å²) in [5, 5.41) is 13.4. The Morgan fingerprint density at radius 2 is 1.94 bits per heavy atom. The maximum Gasteiger partial charge on any atom is 0.114 e. The predicted molar refractivity (Wildman–Crippen MR) is 156 cm³/mol. The standard InChI is InChI=1S/C31H50ClN3O/c1-9-14-23(12-4)18-24(15-10-2)31-34-28-19-26(29(32)21(6)11-3)27(28)20-35(31)30(33)22(7)16-17-25(13-5)36-8/h9-10,13-15,17-18,21-23,26-29,31,33-34H,5,11-12,16,19-20H2,1-4,6-8H3/b14-9-,15-10-,24-18-,25-17+,33-30?/t21?,22-,23+,26-,27?,28?,29-,31-/m0/s1. The zero-order valence-corrected chi connectivity index (χ0v) is 24.4. The molecule has 0 aromatic carbocycles. The van der Waals surface area contributed by atoms with Gasteiger partial charge in [0.05, 0.1) is 7.11 Å². The molecule has 2 N–H and O–H groups in total. The van der Waals surface area contributed by atoms with E-state index < -0.39 is 0 Å². The molecule has 1 heterocycles. The normalized spacial score (nSPS) is 28.4. The zero-order chi connectivity index (χ0) is 26.8. The summed E-state index contributed by atoms with van der Waals surface area (Å²) in [5.74, 6) is 3.31. The van der Waals surface area contributed by atoms with Crippen molar-refractivity contribution in [1.29, 1.82) is 5.41 Å². The summed E-state index contributed by atoms with van der Waals surface area (Å²) in [6.07, 6.45) is 18.9. The first kappa shape index (κ1) is 30.4. The van der Waals surface area contributed by atoms with E-state index in [0.29, 0.717) is 35.5 Å². The van der Waals surface area contributed by atoms with Gasteiger partial charge < -0.3 is 9.64 Å². The third-order valence-electron chi connectivity index (χ3n) is 8.16. The quantitative estimate of drug-likeness (QED) is 0.0659. The summed E-state index contributed by atoms with van der Waals surface area (Å²) in [6.45, 7) is 17.7. The Kier molecular flexibility index (Phi) is 12.5. The van der Waals surface area contributed by atoms with Crippen molar-refractivity contribution in [3.05, 3.63) is 60.4 Å². The minimum atomic E-state index is -0.0136. The zero-order valence-electron chi connectivity index (χ0n) is 23.6. The lowest BCUT2D eigenvalue weighted by Gasteiger charge is -2.57. The number of rotatable bonds is 13. The second-order valence-electron chi connectivity index (χ2n) is 10.5. The van der Waals surface area contributed by atoms with Crippen LogP contribution in [0.4, 0.5) is 0 Å². The Labute approximate surface area is 226 Å². The fourth-order valence-corrected chi connectivity index (χ4v) is 5.99. The molecule has 4 nitrogen and oxygen atoms in total. The molecule has 3 unspecified atom stereocenters. The Morgan fingerprint density at radius 3 is 2.50 bits per heavy atom. The van der Waals surface area contributed by atoms with Gasteiger partial charge in [0.2, 0.25) is 0 Å². The SMILES string of the molecule is C=C/C(=C\C[C@H](C)C(=N)N1CC2C(C[C@@H]2[C@@H](Cl)C(C)CC)N[C@@H]1C(/C=C\C)=C\[C@@H](/C=C\C)CC)OC. The van der Waals surface area contributed by atoms with Crippen molar-refractivity contribution in [3.8, 4) is 0 Å². The van der Waals surface area contributed by atoms with Gasteiger partial charge in [0.15, 0.2) is 0 Å². The molecule has 1 saturated carbocycles. The molecule has 2 rings (SSSR count). The van der Waals surface area contributed by atoms with Crippen molar-refractivity contribution in [2.24, 2.45) is 29.6 Å². The molecule has 5 heteroatoms. The van der Waals surface area contributed by atoms with Gasteiger partial charge in [-0.3, -0.25) is 10.7 Å². The van der Waals surface area contributed by atoms with Gasteiger partial charge in [-0.05, 0) is 74.5 Å². The average Bonchev–Trinajstić information content (AvgIpc) is 2.87. The van der Waals surface area contributed by atoms with E-state index in [1.54, 1.807) is 13.2 Å². The van der Waals surface area contributed by atoms with E-state index in [1.165, 1.54) is 5.57 Å². The van der Waals surface area contributed by atoms with Crippen LogP contribution in [0.5, 0.6) is 0 Å². The minimum Gasteiger partial charge on any atom is -0.497 e. The topological polar surface area (TPSA) is 48.4 Å². The third-order valence-corrected chi connectivity index (χ3v) is 8.91. The summed E-state index contributed by atoms with van der Waals surface area (Å²) < 4.78 is 5.37. The monoisotopic (exact) mass is 515 g/mol. The van der Waals surface area contributed by atoms with E-state index >= 15 is 0 Å². The van der Waals surface area contributed by atoms with Crippen LogP contribution in [0.2, 0.25) is 0 Å². The number of nitrogens with one attached hydrogen (secondary N) is 2. The summed E-state index contributed by atoms with van der Waals surface area (Å²) in [5.41, 5.74) is 1.24. The summed E-state index contributed by atoms with van der Waals surface area (Å²) >= 11 is 6.97. The number of fused-ring (bicyclic) bond motifs is 1. The lowest BCUT2D eigenvalue weighted by atomic mass is 9.64. The van der Waals surface area contributed by atoms with Gasteiger partial charge in [0.1, 0.15) is 17.8 Å². The molecule has 0 amide bonds. The largest absolute Gasteiger partial charge is 0.497 e. The van der Waals surface area contributed by atoms with E-state index in [1.807, 2.05) is 6.08 Å². The lowest BCUT2D eigenvalue weighted by Crippen LogP contribution is -2.69. The predicted octanol–water partition coefficient (Wildman–Crippen LogP) is 7.70. The number of hydrogen-bond donors (Lipinski definition) is 2. The second kappa shape index (κ2) is 14.8. The molecule has 0 radical (unpaired) electrons. The molecular weight excluding hydrogens is 466 g/mol. The third kappa shape index (κ3) is 7.38. The molecule has 0 aromatic heterocycles. The molecule has 0 spiro atoms. The Balaban J connectivity index is 2.39. The lowest BCUT2D eigenvalue weighted by molar-refractivity contribution is 0.00335. The molecule has 1 aliphatic heterocycles. The average molecular weight is 516 g/mol. The molecular formula is C31H50ClN3O. The van der Waals surface area contributed by atoms with Gasteiger partial charge in [0, 0.05) is 23.9 Å². The van der Waals surface area contributed by atoms with Crippen LogP contribution in [0.3, 0.4) is 0 Å². The van der Waals surface area contributed by atoms with Gasteiger partial charge >= 0.3 is 0 Å². The highest BCUT2D eigenvalue weighted by Gasteiger charge is 2.51. The maximum absolute atomic E-state index is 9.28. The highest BCUT2D eigenvalue weighted by Crippen LogP contribution is 2.46. The number of halogens is 1. The molecule has 36 heavy (non-hydrogen) atoms. The number of nitrogens with zero attached hydrogens (tertiary/aromatic N) is 1. The van der Waals surface area contributed by atoms with Gasteiger partial charge in [-0.1, -0.05) is 71.1 Å². The van der Waals surface area contributed by atoms with Crippen LogP contribution in [0, 0.1) is 35.0 Å². The van der Waals surface area contributed by atoms with Crippen LogP contribution in [0.15, 0.2) is 60.4 Å². The first-order chi connectivity index (χ1) is 17.3. The second-order valence-corrected chi connectivity index (χ2v) is 11.0. The Bertz CT molecular complexity index is 845. The van der Waals surface area contributed by atoms with E-state index in [2.05, 4.69) is 88.7 Å².